The molecule has 0 aromatic heterocycles. The van der Waals surface area contributed by atoms with Gasteiger partial charge >= 0.3 is 0 Å². The number of carbonyl (C=O) groups excluding carboxylic acids is 1. The van der Waals surface area contributed by atoms with Crippen molar-refractivity contribution in [3.8, 4) is 0 Å². The van der Waals surface area contributed by atoms with E-state index in [1.165, 1.54) is 18.9 Å². The molecule has 0 aliphatic carbocycles. The number of aliphatic imine (C=N–C) groups is 1. The van der Waals surface area contributed by atoms with Gasteiger partial charge in [-0.05, 0) is 6.92 Å². The number of ether oxygens (including phenoxy) is 1. The van der Waals surface area contributed by atoms with Crippen LogP contribution in [0.25, 0.3) is 0 Å². The van der Waals surface area contributed by atoms with E-state index >= 15 is 0 Å². The molecule has 0 bridgehead atoms. The Morgan fingerprint density at radius 2 is 2.28 bits per heavy atom. The molecule has 1 amide bonds. The first-order valence-corrected chi connectivity index (χ1v) is 8.41. The molecule has 2 aliphatic heterocycles. The van der Waals surface area contributed by atoms with Crippen LogP contribution in [0.5, 0.6) is 0 Å². The van der Waals surface area contributed by atoms with Gasteiger partial charge in [0.25, 0.3) is 5.91 Å². The SMILES string of the molecule is CCN1C(=NC(=O)COC)S[C@H]2CS(=O)(=O)C[C@@H]21. The van der Waals surface area contributed by atoms with Crippen LogP contribution in [0.4, 0.5) is 0 Å². The highest BCUT2D eigenvalue weighted by Crippen LogP contribution is 2.37. The van der Waals surface area contributed by atoms with Gasteiger partial charge in [-0.1, -0.05) is 11.8 Å². The number of rotatable bonds is 3. The van der Waals surface area contributed by atoms with Crippen molar-refractivity contribution in [2.75, 3.05) is 31.8 Å². The molecule has 2 fully saturated rings. The molecular formula is C10H16N2O4S2. The van der Waals surface area contributed by atoms with E-state index in [1.54, 1.807) is 0 Å². The van der Waals surface area contributed by atoms with Crippen LogP contribution >= 0.6 is 11.8 Å². The Kier molecular flexibility index (Phi) is 3.98. The number of methoxy groups -OCH3 is 1. The third-order valence-electron chi connectivity index (χ3n) is 3.00. The van der Waals surface area contributed by atoms with Crippen molar-refractivity contribution in [1.29, 1.82) is 0 Å². The summed E-state index contributed by atoms with van der Waals surface area (Å²) in [5, 5.41) is 0.633. The number of fused-ring (bicyclic) bond motifs is 1. The summed E-state index contributed by atoms with van der Waals surface area (Å²) in [6.07, 6.45) is 0. The van der Waals surface area contributed by atoms with Crippen LogP contribution in [0.2, 0.25) is 0 Å². The van der Waals surface area contributed by atoms with Gasteiger partial charge in [-0.15, -0.1) is 0 Å². The fourth-order valence-electron chi connectivity index (χ4n) is 2.27. The number of hydrogen-bond acceptors (Lipinski definition) is 5. The molecule has 0 saturated carbocycles. The van der Waals surface area contributed by atoms with E-state index < -0.39 is 9.84 Å². The zero-order chi connectivity index (χ0) is 13.3. The summed E-state index contributed by atoms with van der Waals surface area (Å²) in [6, 6.07) is -0.0425. The molecule has 2 atom stereocenters. The highest BCUT2D eigenvalue weighted by Gasteiger charge is 2.48. The molecule has 6 nitrogen and oxygen atoms in total. The lowest BCUT2D eigenvalue weighted by atomic mass is 10.2. The zero-order valence-electron chi connectivity index (χ0n) is 10.3. The molecule has 0 radical (unpaired) electrons. The van der Waals surface area contributed by atoms with Crippen molar-refractivity contribution >= 4 is 32.7 Å². The molecule has 2 heterocycles. The van der Waals surface area contributed by atoms with Crippen molar-refractivity contribution in [2.45, 2.75) is 18.2 Å². The first kappa shape index (κ1) is 13.8. The second-order valence-corrected chi connectivity index (χ2v) is 7.67. The number of amidine groups is 1. The number of hydrogen-bond donors (Lipinski definition) is 0. The number of amides is 1. The summed E-state index contributed by atoms with van der Waals surface area (Å²) >= 11 is 1.39. The first-order chi connectivity index (χ1) is 8.46. The molecule has 8 heteroatoms. The van der Waals surface area contributed by atoms with Crippen LogP contribution in [0.3, 0.4) is 0 Å². The molecule has 0 N–H and O–H groups in total. The number of nitrogens with zero attached hydrogens (tertiary/aromatic N) is 2. The lowest BCUT2D eigenvalue weighted by Crippen LogP contribution is -2.37. The standard InChI is InChI=1S/C10H16N2O4S2/c1-3-12-7-5-18(14,15)6-8(7)17-10(12)11-9(13)4-16-2/h7-8H,3-6H2,1-2H3/t7-,8-/m0/s1. The summed E-state index contributed by atoms with van der Waals surface area (Å²) < 4.78 is 27.9. The topological polar surface area (TPSA) is 76.0 Å². The summed E-state index contributed by atoms with van der Waals surface area (Å²) in [5.41, 5.74) is 0. The average molecular weight is 292 g/mol. The Balaban J connectivity index is 2.16. The van der Waals surface area contributed by atoms with Crippen LogP contribution in [0.15, 0.2) is 4.99 Å². The Labute approximate surface area is 111 Å². The highest BCUT2D eigenvalue weighted by atomic mass is 32.2. The second-order valence-electron chi connectivity index (χ2n) is 4.31. The normalized spacial score (nSPS) is 31.9. The van der Waals surface area contributed by atoms with Gasteiger partial charge in [0.2, 0.25) is 0 Å². The second kappa shape index (κ2) is 5.18. The third kappa shape index (κ3) is 2.70. The van der Waals surface area contributed by atoms with Gasteiger partial charge < -0.3 is 9.64 Å². The van der Waals surface area contributed by atoms with Gasteiger partial charge in [0.05, 0.1) is 17.5 Å². The Morgan fingerprint density at radius 1 is 1.56 bits per heavy atom. The third-order valence-corrected chi connectivity index (χ3v) is 6.25. The minimum absolute atomic E-state index is 0.00375. The maximum atomic E-state index is 11.6. The Bertz CT molecular complexity index is 474. The quantitative estimate of drug-likeness (QED) is 0.714. The van der Waals surface area contributed by atoms with Crippen LogP contribution in [-0.2, 0) is 19.4 Å². The van der Waals surface area contributed by atoms with Gasteiger partial charge in [-0.3, -0.25) is 4.79 Å². The fourth-order valence-corrected chi connectivity index (χ4v) is 6.30. The van der Waals surface area contributed by atoms with Crippen molar-refractivity contribution in [1.82, 2.24) is 4.90 Å². The molecule has 2 rings (SSSR count). The van der Waals surface area contributed by atoms with Gasteiger partial charge in [0.15, 0.2) is 15.0 Å². The van der Waals surface area contributed by atoms with E-state index in [9.17, 15) is 13.2 Å². The van der Waals surface area contributed by atoms with Crippen LogP contribution in [-0.4, -0.2) is 67.5 Å². The monoisotopic (exact) mass is 292 g/mol. The van der Waals surface area contributed by atoms with Gasteiger partial charge in [0, 0.05) is 18.9 Å². The largest absolute Gasteiger partial charge is 0.375 e. The first-order valence-electron chi connectivity index (χ1n) is 5.71. The molecule has 2 aliphatic rings. The molecule has 0 unspecified atom stereocenters. The molecule has 102 valence electrons. The lowest BCUT2D eigenvalue weighted by molar-refractivity contribution is -0.121. The molecule has 0 aromatic rings. The van der Waals surface area contributed by atoms with E-state index in [0.29, 0.717) is 11.7 Å². The molecule has 18 heavy (non-hydrogen) atoms. The van der Waals surface area contributed by atoms with Crippen LogP contribution in [0.1, 0.15) is 6.92 Å². The average Bonchev–Trinajstić information content (AvgIpc) is 2.69. The number of carbonyl (C=O) groups is 1. The molecule has 2 saturated heterocycles. The highest BCUT2D eigenvalue weighted by molar-refractivity contribution is 8.15. The number of thioether (sulfide) groups is 1. The molecule has 0 spiro atoms. The van der Waals surface area contributed by atoms with Gasteiger partial charge in [-0.25, -0.2) is 8.42 Å². The number of sulfone groups is 1. The van der Waals surface area contributed by atoms with Crippen molar-refractivity contribution in [3.63, 3.8) is 0 Å². The minimum atomic E-state index is -2.94. The predicted molar refractivity (Wildman–Crippen MR) is 70.5 cm³/mol. The summed E-state index contributed by atoms with van der Waals surface area (Å²) in [4.78, 5) is 17.3. The van der Waals surface area contributed by atoms with E-state index in [1.807, 2.05) is 11.8 Å². The Morgan fingerprint density at radius 3 is 2.89 bits per heavy atom. The maximum Gasteiger partial charge on any atom is 0.274 e. The van der Waals surface area contributed by atoms with Crippen LogP contribution < -0.4 is 0 Å². The van der Waals surface area contributed by atoms with Gasteiger partial charge in [0.1, 0.15) is 6.61 Å². The lowest BCUT2D eigenvalue weighted by Gasteiger charge is -2.22. The zero-order valence-corrected chi connectivity index (χ0v) is 12.0. The van der Waals surface area contributed by atoms with Crippen molar-refractivity contribution in [2.24, 2.45) is 4.99 Å². The maximum absolute atomic E-state index is 11.6. The van der Waals surface area contributed by atoms with E-state index in [-0.39, 0.29) is 35.3 Å². The summed E-state index contributed by atoms with van der Waals surface area (Å²) in [5.74, 6) is 0.00745. The van der Waals surface area contributed by atoms with Crippen LogP contribution in [0, 0.1) is 0 Å². The van der Waals surface area contributed by atoms with E-state index in [0.717, 1.165) is 0 Å². The smallest absolute Gasteiger partial charge is 0.274 e. The van der Waals surface area contributed by atoms with Gasteiger partial charge in [-0.2, -0.15) is 4.99 Å². The van der Waals surface area contributed by atoms with Crippen molar-refractivity contribution < 1.29 is 17.9 Å². The predicted octanol–water partition coefficient (Wildman–Crippen LogP) is -0.250. The van der Waals surface area contributed by atoms with E-state index in [4.69, 9.17) is 4.74 Å². The minimum Gasteiger partial charge on any atom is -0.375 e. The fraction of sp³-hybridized carbons (Fsp3) is 0.800. The molecular weight excluding hydrogens is 276 g/mol. The Hall–Kier alpha value is -0.600. The van der Waals surface area contributed by atoms with Crippen molar-refractivity contribution in [3.05, 3.63) is 0 Å². The van der Waals surface area contributed by atoms with E-state index in [2.05, 4.69) is 4.99 Å². The summed E-state index contributed by atoms with van der Waals surface area (Å²) in [6.45, 7) is 2.54. The molecule has 0 aromatic carbocycles. The summed E-state index contributed by atoms with van der Waals surface area (Å²) in [7, 11) is -1.49.